The lowest BCUT2D eigenvalue weighted by Crippen LogP contribution is -2.05. The van der Waals surface area contributed by atoms with Gasteiger partial charge < -0.3 is 5.11 Å². The number of aromatic nitrogens is 3. The molecule has 0 bridgehead atoms. The topological polar surface area (TPSA) is 67.5 Å². The summed E-state index contributed by atoms with van der Waals surface area (Å²) in [6.07, 6.45) is 1.59. The van der Waals surface area contributed by atoms with Gasteiger partial charge in [-0.25, -0.2) is 14.3 Å². The Morgan fingerprint density at radius 1 is 1.26 bits per heavy atom. The Morgan fingerprint density at radius 3 is 2.84 bits per heavy atom. The first-order valence-electron chi connectivity index (χ1n) is 5.49. The molecule has 0 unspecified atom stereocenters. The van der Waals surface area contributed by atoms with Crippen LogP contribution in [0.3, 0.4) is 0 Å². The van der Waals surface area contributed by atoms with Crippen molar-refractivity contribution in [3.05, 3.63) is 52.8 Å². The highest BCUT2D eigenvalue weighted by atomic mass is 79.9. The maximum atomic E-state index is 11.1. The molecule has 5 nitrogen and oxygen atoms in total. The molecule has 6 heteroatoms. The summed E-state index contributed by atoms with van der Waals surface area (Å²) in [6, 6.07) is 10.8. The van der Waals surface area contributed by atoms with E-state index < -0.39 is 5.97 Å². The maximum Gasteiger partial charge on any atom is 0.354 e. The van der Waals surface area contributed by atoms with Gasteiger partial charge in [0.2, 0.25) is 0 Å². The number of nitrogens with zero attached hydrogens (tertiary/aromatic N) is 3. The number of carboxylic acids is 1. The second kappa shape index (κ2) is 4.47. The summed E-state index contributed by atoms with van der Waals surface area (Å²) in [5, 5.41) is 13.3. The Morgan fingerprint density at radius 2 is 2.11 bits per heavy atom. The molecule has 0 saturated carbocycles. The number of hydrogen-bond acceptors (Lipinski definition) is 3. The molecule has 0 aliphatic heterocycles. The van der Waals surface area contributed by atoms with Gasteiger partial charge in [-0.05, 0) is 18.2 Å². The van der Waals surface area contributed by atoms with Gasteiger partial charge in [0, 0.05) is 16.1 Å². The number of fused-ring (bicyclic) bond motifs is 1. The summed E-state index contributed by atoms with van der Waals surface area (Å²) >= 11 is 3.40. The van der Waals surface area contributed by atoms with Gasteiger partial charge in [0.05, 0.1) is 11.9 Å². The van der Waals surface area contributed by atoms with Crippen LogP contribution < -0.4 is 0 Å². The number of carbonyl (C=O) groups is 1. The molecule has 1 N–H and O–H groups in total. The van der Waals surface area contributed by atoms with E-state index >= 15 is 0 Å². The van der Waals surface area contributed by atoms with Crippen LogP contribution >= 0.6 is 15.9 Å². The highest BCUT2D eigenvalue weighted by Crippen LogP contribution is 2.24. The predicted octanol–water partition coefficient (Wildman–Crippen LogP) is 2.86. The molecule has 2 heterocycles. The van der Waals surface area contributed by atoms with Crippen LogP contribution in [0.25, 0.3) is 16.9 Å². The quantitative estimate of drug-likeness (QED) is 0.789. The normalized spacial score (nSPS) is 10.8. The summed E-state index contributed by atoms with van der Waals surface area (Å²) in [5.74, 6) is -1.06. The van der Waals surface area contributed by atoms with Gasteiger partial charge in [-0.15, -0.1) is 0 Å². The molecule has 0 fully saturated rings. The number of benzene rings is 1. The summed E-state index contributed by atoms with van der Waals surface area (Å²) in [6.45, 7) is 0. The van der Waals surface area contributed by atoms with Crippen molar-refractivity contribution in [1.82, 2.24) is 14.6 Å². The fourth-order valence-corrected chi connectivity index (χ4v) is 2.28. The summed E-state index contributed by atoms with van der Waals surface area (Å²) in [4.78, 5) is 15.1. The van der Waals surface area contributed by atoms with Crippen LogP contribution in [0.5, 0.6) is 0 Å². The highest BCUT2D eigenvalue weighted by molar-refractivity contribution is 9.10. The molecule has 19 heavy (non-hydrogen) atoms. The van der Waals surface area contributed by atoms with Gasteiger partial charge in [-0.2, -0.15) is 5.10 Å². The Balaban J connectivity index is 2.32. The smallest absolute Gasteiger partial charge is 0.354 e. The lowest BCUT2D eigenvalue weighted by Gasteiger charge is -2.06. The lowest BCUT2D eigenvalue weighted by molar-refractivity contribution is 0.0690. The van der Waals surface area contributed by atoms with E-state index in [9.17, 15) is 4.79 Å². The predicted molar refractivity (Wildman–Crippen MR) is 73.1 cm³/mol. The van der Waals surface area contributed by atoms with Crippen molar-refractivity contribution in [3.8, 4) is 11.3 Å². The van der Waals surface area contributed by atoms with Gasteiger partial charge in [0.1, 0.15) is 0 Å². The molecular formula is C13H8BrN3O2. The highest BCUT2D eigenvalue weighted by Gasteiger charge is 2.12. The van der Waals surface area contributed by atoms with Crippen molar-refractivity contribution < 1.29 is 9.90 Å². The fourth-order valence-electron chi connectivity index (χ4n) is 1.88. The third-order valence-corrected chi connectivity index (χ3v) is 3.19. The zero-order valence-corrected chi connectivity index (χ0v) is 11.2. The minimum absolute atomic E-state index is 0.00276. The Hall–Kier alpha value is -2.21. The van der Waals surface area contributed by atoms with Crippen molar-refractivity contribution in [1.29, 1.82) is 0 Å². The van der Waals surface area contributed by atoms with Crippen molar-refractivity contribution >= 4 is 27.5 Å². The molecule has 0 saturated heterocycles. The molecule has 0 amide bonds. The Bertz CT molecular complexity index is 782. The second-order valence-corrected chi connectivity index (χ2v) is 4.86. The van der Waals surface area contributed by atoms with E-state index in [2.05, 4.69) is 26.0 Å². The average molecular weight is 318 g/mol. The first kappa shape index (κ1) is 11.9. The summed E-state index contributed by atoms with van der Waals surface area (Å²) < 4.78 is 2.53. The van der Waals surface area contributed by atoms with Crippen molar-refractivity contribution in [2.45, 2.75) is 0 Å². The number of aromatic carboxylic acids is 1. The zero-order chi connectivity index (χ0) is 13.4. The van der Waals surface area contributed by atoms with Gasteiger partial charge in [-0.3, -0.25) is 0 Å². The summed E-state index contributed by atoms with van der Waals surface area (Å²) in [7, 11) is 0. The molecule has 0 spiro atoms. The van der Waals surface area contributed by atoms with E-state index in [0.717, 1.165) is 10.0 Å². The molecule has 94 valence electrons. The first-order valence-corrected chi connectivity index (χ1v) is 6.28. The van der Waals surface area contributed by atoms with E-state index in [0.29, 0.717) is 11.3 Å². The van der Waals surface area contributed by atoms with Crippen LogP contribution in [-0.4, -0.2) is 25.7 Å². The molecule has 0 atom stereocenters. The Labute approximate surface area is 116 Å². The van der Waals surface area contributed by atoms with Crippen LogP contribution in [0.15, 0.2) is 47.1 Å². The number of carboxylic acid groups (broad SMARTS) is 1. The van der Waals surface area contributed by atoms with Gasteiger partial charge in [0.25, 0.3) is 0 Å². The minimum atomic E-state index is -1.06. The second-order valence-electron chi connectivity index (χ2n) is 3.94. The standard InChI is InChI=1S/C13H8BrN3O2/c14-9-3-1-2-8(6-9)11-7-10(13(18)19)16-12-4-5-15-17(11)12/h1-7H,(H,18,19). The molecule has 2 aromatic heterocycles. The van der Waals surface area contributed by atoms with Crippen LogP contribution in [0.4, 0.5) is 0 Å². The van der Waals surface area contributed by atoms with E-state index in [-0.39, 0.29) is 5.69 Å². The number of hydrogen-bond donors (Lipinski definition) is 1. The van der Waals surface area contributed by atoms with Gasteiger partial charge in [0.15, 0.2) is 11.3 Å². The van der Waals surface area contributed by atoms with Crippen LogP contribution in [0.2, 0.25) is 0 Å². The van der Waals surface area contributed by atoms with Crippen molar-refractivity contribution in [2.75, 3.05) is 0 Å². The minimum Gasteiger partial charge on any atom is -0.477 e. The zero-order valence-electron chi connectivity index (χ0n) is 9.62. The van der Waals surface area contributed by atoms with Crippen LogP contribution in [0, 0.1) is 0 Å². The van der Waals surface area contributed by atoms with Crippen molar-refractivity contribution in [2.24, 2.45) is 0 Å². The molecular weight excluding hydrogens is 310 g/mol. The number of rotatable bonds is 2. The SMILES string of the molecule is O=C(O)c1cc(-c2cccc(Br)c2)n2nccc2n1. The molecule has 1 aromatic carbocycles. The van der Waals surface area contributed by atoms with E-state index in [1.807, 2.05) is 24.3 Å². The first-order chi connectivity index (χ1) is 9.15. The molecule has 3 rings (SSSR count). The molecule has 0 radical (unpaired) electrons. The largest absolute Gasteiger partial charge is 0.477 e. The molecule has 0 aliphatic carbocycles. The fraction of sp³-hybridized carbons (Fsp3) is 0. The monoisotopic (exact) mass is 317 g/mol. The van der Waals surface area contributed by atoms with E-state index in [1.54, 1.807) is 16.8 Å². The number of halogens is 1. The maximum absolute atomic E-state index is 11.1. The average Bonchev–Trinajstić information content (AvgIpc) is 2.85. The lowest BCUT2D eigenvalue weighted by atomic mass is 10.1. The van der Waals surface area contributed by atoms with E-state index in [1.165, 1.54) is 6.07 Å². The Kier molecular flexibility index (Phi) is 2.79. The molecule has 3 aromatic rings. The van der Waals surface area contributed by atoms with Gasteiger partial charge in [-0.1, -0.05) is 28.1 Å². The van der Waals surface area contributed by atoms with Crippen LogP contribution in [-0.2, 0) is 0 Å². The van der Waals surface area contributed by atoms with Gasteiger partial charge >= 0.3 is 5.97 Å². The summed E-state index contributed by atoms with van der Waals surface area (Å²) in [5.41, 5.74) is 2.07. The third-order valence-electron chi connectivity index (χ3n) is 2.70. The molecule has 0 aliphatic rings. The van der Waals surface area contributed by atoms with Crippen molar-refractivity contribution in [3.63, 3.8) is 0 Å². The van der Waals surface area contributed by atoms with E-state index in [4.69, 9.17) is 5.11 Å². The van der Waals surface area contributed by atoms with Crippen LogP contribution in [0.1, 0.15) is 10.5 Å². The third kappa shape index (κ3) is 2.10.